The highest BCUT2D eigenvalue weighted by molar-refractivity contribution is 6.42. The molecule has 5 rings (SSSR count). The molecule has 1 aliphatic heterocycles. The van der Waals surface area contributed by atoms with Crippen LogP contribution in [0, 0.1) is 0 Å². The molecule has 1 aliphatic rings. The number of likely N-dealkylation sites (tertiary alicyclic amines) is 1. The van der Waals surface area contributed by atoms with E-state index >= 15 is 0 Å². The molecule has 1 fully saturated rings. The van der Waals surface area contributed by atoms with E-state index in [9.17, 15) is 14.7 Å². The topological polar surface area (TPSA) is 91.9 Å². The van der Waals surface area contributed by atoms with Crippen LogP contribution in [0.2, 0.25) is 10.0 Å². The minimum absolute atomic E-state index is 0.134. The van der Waals surface area contributed by atoms with Crippen molar-refractivity contribution in [3.8, 4) is 5.75 Å². The molecule has 0 radical (unpaired) electrons. The van der Waals surface area contributed by atoms with Crippen molar-refractivity contribution in [2.24, 2.45) is 0 Å². The molecule has 0 unspecified atom stereocenters. The molecular weight excluding hydrogens is 501 g/mol. The highest BCUT2D eigenvalue weighted by atomic mass is 35.5. The second-order valence-electron chi connectivity index (χ2n) is 9.08. The summed E-state index contributed by atoms with van der Waals surface area (Å²) in [5.74, 6) is -1.00. The number of hydrogen-bond acceptors (Lipinski definition) is 5. The molecule has 1 saturated heterocycles. The first-order chi connectivity index (χ1) is 17.4. The predicted molar refractivity (Wildman–Crippen MR) is 141 cm³/mol. The number of benzene rings is 2. The molecule has 1 amide bonds. The van der Waals surface area contributed by atoms with E-state index < -0.39 is 17.2 Å². The second kappa shape index (κ2) is 10.5. The van der Waals surface area contributed by atoms with Crippen molar-refractivity contribution in [1.29, 1.82) is 0 Å². The number of aromatic hydroxyl groups is 1. The van der Waals surface area contributed by atoms with Crippen LogP contribution in [0.15, 0.2) is 47.3 Å². The van der Waals surface area contributed by atoms with E-state index in [0.29, 0.717) is 27.9 Å². The lowest BCUT2D eigenvalue weighted by atomic mass is 10.1. The Morgan fingerprint density at radius 1 is 1.00 bits per heavy atom. The standard InChI is InChI=1S/C26H27Cl2N5O3/c27-18-10-9-17(15-19(18)28)16-29-24(35)22-23(34)25(36)33-21-8-3-2-7-20(21)32(26(33)30-22)14-6-13-31-11-4-1-5-12-31/h2-3,7-10,15,34H,1,4-6,11-14,16H2,(H,29,35). The highest BCUT2D eigenvalue weighted by Gasteiger charge is 2.23. The molecular formula is C26H27Cl2N5O3. The number of aryl methyl sites for hydroxylation is 1. The molecule has 36 heavy (non-hydrogen) atoms. The molecule has 2 aromatic heterocycles. The van der Waals surface area contributed by atoms with Crippen LogP contribution >= 0.6 is 23.2 Å². The zero-order valence-electron chi connectivity index (χ0n) is 19.7. The first kappa shape index (κ1) is 24.6. The maximum Gasteiger partial charge on any atom is 0.302 e. The molecule has 0 aliphatic carbocycles. The van der Waals surface area contributed by atoms with Crippen molar-refractivity contribution in [1.82, 2.24) is 24.2 Å². The smallest absolute Gasteiger partial charge is 0.302 e. The third-order valence-electron chi connectivity index (χ3n) is 6.65. The highest BCUT2D eigenvalue weighted by Crippen LogP contribution is 2.24. The van der Waals surface area contributed by atoms with E-state index in [4.69, 9.17) is 23.2 Å². The molecule has 188 valence electrons. The van der Waals surface area contributed by atoms with Crippen LogP contribution < -0.4 is 10.9 Å². The molecule has 3 heterocycles. The maximum atomic E-state index is 13.2. The summed E-state index contributed by atoms with van der Waals surface area (Å²) in [6.07, 6.45) is 4.62. The van der Waals surface area contributed by atoms with Crippen LogP contribution in [0.3, 0.4) is 0 Å². The monoisotopic (exact) mass is 527 g/mol. The van der Waals surface area contributed by atoms with Gasteiger partial charge in [-0.2, -0.15) is 0 Å². The van der Waals surface area contributed by atoms with Crippen molar-refractivity contribution in [2.75, 3.05) is 19.6 Å². The number of halogens is 2. The fraction of sp³-hybridized carbons (Fsp3) is 0.346. The van der Waals surface area contributed by atoms with Crippen LogP contribution in [-0.2, 0) is 13.1 Å². The van der Waals surface area contributed by atoms with E-state index in [1.54, 1.807) is 18.2 Å². The van der Waals surface area contributed by atoms with Gasteiger partial charge in [0.25, 0.3) is 5.91 Å². The Balaban J connectivity index is 1.46. The van der Waals surface area contributed by atoms with Crippen LogP contribution in [0.5, 0.6) is 5.75 Å². The number of carbonyl (C=O) groups is 1. The molecule has 0 saturated carbocycles. The van der Waals surface area contributed by atoms with Crippen LogP contribution in [0.1, 0.15) is 41.7 Å². The van der Waals surface area contributed by atoms with Crippen LogP contribution in [0.25, 0.3) is 16.8 Å². The summed E-state index contributed by atoms with van der Waals surface area (Å²) in [4.78, 5) is 33.1. The number of fused-ring (bicyclic) bond motifs is 3. The molecule has 8 nitrogen and oxygen atoms in total. The molecule has 2 N–H and O–H groups in total. The number of amides is 1. The van der Waals surface area contributed by atoms with Gasteiger partial charge in [-0.05, 0) is 68.7 Å². The Morgan fingerprint density at radius 3 is 2.50 bits per heavy atom. The average molecular weight is 528 g/mol. The second-order valence-corrected chi connectivity index (χ2v) is 9.89. The third-order valence-corrected chi connectivity index (χ3v) is 7.39. The van der Waals surface area contributed by atoms with Gasteiger partial charge in [0.05, 0.1) is 21.1 Å². The van der Waals surface area contributed by atoms with Gasteiger partial charge in [0.2, 0.25) is 11.5 Å². The van der Waals surface area contributed by atoms with E-state index in [1.165, 1.54) is 23.7 Å². The lowest BCUT2D eigenvalue weighted by Gasteiger charge is -2.26. The van der Waals surface area contributed by atoms with Crippen molar-refractivity contribution in [3.05, 3.63) is 74.1 Å². The van der Waals surface area contributed by atoms with Crippen LogP contribution in [-0.4, -0.2) is 49.5 Å². The number of imidazole rings is 1. The third kappa shape index (κ3) is 4.81. The van der Waals surface area contributed by atoms with Crippen molar-refractivity contribution < 1.29 is 9.90 Å². The van der Waals surface area contributed by atoms with Gasteiger partial charge in [-0.15, -0.1) is 0 Å². The van der Waals surface area contributed by atoms with Gasteiger partial charge in [-0.1, -0.05) is 47.8 Å². The number of carbonyl (C=O) groups excluding carboxylic acids is 1. The Bertz CT molecular complexity index is 1490. The van der Waals surface area contributed by atoms with E-state index in [0.717, 1.165) is 37.1 Å². The summed E-state index contributed by atoms with van der Waals surface area (Å²) in [5, 5.41) is 14.1. The van der Waals surface area contributed by atoms with Gasteiger partial charge in [-0.3, -0.25) is 9.59 Å². The van der Waals surface area contributed by atoms with Crippen molar-refractivity contribution in [3.63, 3.8) is 0 Å². The summed E-state index contributed by atoms with van der Waals surface area (Å²) in [5.41, 5.74) is 1.21. The molecule has 10 heteroatoms. The largest absolute Gasteiger partial charge is 0.501 e. The van der Waals surface area contributed by atoms with E-state index in [2.05, 4.69) is 15.2 Å². The number of piperidine rings is 1. The summed E-state index contributed by atoms with van der Waals surface area (Å²) >= 11 is 12.0. The van der Waals surface area contributed by atoms with Crippen LogP contribution in [0.4, 0.5) is 0 Å². The quantitative estimate of drug-likeness (QED) is 0.370. The first-order valence-electron chi connectivity index (χ1n) is 12.1. The molecule has 0 spiro atoms. The van der Waals surface area contributed by atoms with Gasteiger partial charge in [-0.25, -0.2) is 9.38 Å². The summed E-state index contributed by atoms with van der Waals surface area (Å²) in [7, 11) is 0. The molecule has 0 atom stereocenters. The Labute approximate surface area is 218 Å². The van der Waals surface area contributed by atoms with Crippen molar-refractivity contribution in [2.45, 2.75) is 38.8 Å². The molecule has 0 bridgehead atoms. The Morgan fingerprint density at radius 2 is 1.75 bits per heavy atom. The zero-order chi connectivity index (χ0) is 25.2. The minimum atomic E-state index is -0.685. The molecule has 4 aromatic rings. The molecule has 2 aromatic carbocycles. The maximum absolute atomic E-state index is 13.2. The number of hydrogen-bond donors (Lipinski definition) is 2. The van der Waals surface area contributed by atoms with Gasteiger partial charge < -0.3 is 19.9 Å². The number of para-hydroxylation sites is 2. The normalized spacial score (nSPS) is 14.5. The number of rotatable bonds is 7. The minimum Gasteiger partial charge on any atom is -0.501 e. The van der Waals surface area contributed by atoms with E-state index in [1.807, 2.05) is 28.8 Å². The van der Waals surface area contributed by atoms with Crippen molar-refractivity contribution >= 4 is 45.9 Å². The summed E-state index contributed by atoms with van der Waals surface area (Å²) in [6.45, 7) is 3.95. The summed E-state index contributed by atoms with van der Waals surface area (Å²) < 4.78 is 3.33. The van der Waals surface area contributed by atoms with Gasteiger partial charge >= 0.3 is 5.56 Å². The Kier molecular flexibility index (Phi) is 7.18. The fourth-order valence-corrected chi connectivity index (χ4v) is 5.14. The fourth-order valence-electron chi connectivity index (χ4n) is 4.82. The number of nitrogens with one attached hydrogen (secondary N) is 1. The predicted octanol–water partition coefficient (Wildman–Crippen LogP) is 4.47. The van der Waals surface area contributed by atoms with Gasteiger partial charge in [0.15, 0.2) is 5.69 Å². The lowest BCUT2D eigenvalue weighted by Crippen LogP contribution is -2.31. The lowest BCUT2D eigenvalue weighted by molar-refractivity contribution is 0.0942. The number of nitrogens with zero attached hydrogens (tertiary/aromatic N) is 4. The summed E-state index contributed by atoms with van der Waals surface area (Å²) in [6, 6.07) is 12.5. The number of aromatic nitrogens is 3. The van der Waals surface area contributed by atoms with Gasteiger partial charge in [0, 0.05) is 13.1 Å². The average Bonchev–Trinajstić information content (AvgIpc) is 3.21. The van der Waals surface area contributed by atoms with E-state index in [-0.39, 0.29) is 12.2 Å². The SMILES string of the molecule is O=C(NCc1ccc(Cl)c(Cl)c1)c1nc2n(CCCN3CCCCC3)c3ccccc3n2c(=O)c1O. The zero-order valence-corrected chi connectivity index (χ0v) is 21.2. The Hall–Kier alpha value is -3.07. The first-order valence-corrected chi connectivity index (χ1v) is 12.9. The van der Waals surface area contributed by atoms with Gasteiger partial charge in [0.1, 0.15) is 0 Å².